The van der Waals surface area contributed by atoms with Gasteiger partial charge in [-0.1, -0.05) is 24.3 Å². The van der Waals surface area contributed by atoms with E-state index < -0.39 is 17.0 Å². The monoisotopic (exact) mass is 372 g/mol. The van der Waals surface area contributed by atoms with Crippen LogP contribution >= 0.6 is 11.3 Å². The summed E-state index contributed by atoms with van der Waals surface area (Å²) >= 11 is 1.21. The molecule has 0 bridgehead atoms. The van der Waals surface area contributed by atoms with Crippen molar-refractivity contribution in [2.45, 2.75) is 12.1 Å². The van der Waals surface area contributed by atoms with E-state index in [2.05, 4.69) is 10.7 Å². The Morgan fingerprint density at radius 1 is 1.27 bits per heavy atom. The highest BCUT2D eigenvalue weighted by Gasteiger charge is 2.37. The molecule has 2 heterocycles. The second-order valence-electron chi connectivity index (χ2n) is 5.89. The molecule has 0 radical (unpaired) electrons. The average Bonchev–Trinajstić information content (AvgIpc) is 3.02. The van der Waals surface area contributed by atoms with Crippen LogP contribution in [0.4, 0.5) is 10.1 Å². The molecular weight excluding hydrogens is 359 g/mol. The topological polar surface area (TPSA) is 110 Å². The minimum Gasteiger partial charge on any atom is -0.343 e. The van der Waals surface area contributed by atoms with Crippen LogP contribution in [0.25, 0.3) is 10.1 Å². The van der Waals surface area contributed by atoms with E-state index in [1.54, 1.807) is 24.3 Å². The number of benzene rings is 2. The number of halogens is 1. The Kier molecular flexibility index (Phi) is 3.91. The standard InChI is InChI=1S/C17H13FN4O3S/c18-11-6-2-5-10-12-14(21-19)17(23)20-13(16(12)26-15(10)11)8-3-1-4-9(7-8)22(24)25/h1-7,13-14,21H,19H2,(H,20,23). The van der Waals surface area contributed by atoms with Crippen LogP contribution in [0, 0.1) is 15.9 Å². The number of amides is 1. The number of carbonyl (C=O) groups excluding carboxylic acids is 1. The molecule has 4 N–H and O–H groups in total. The Morgan fingerprint density at radius 3 is 2.77 bits per heavy atom. The number of rotatable bonds is 3. The number of non-ortho nitro benzene ring substituents is 1. The lowest BCUT2D eigenvalue weighted by atomic mass is 9.91. The maximum absolute atomic E-state index is 14.3. The van der Waals surface area contributed by atoms with Gasteiger partial charge in [0.1, 0.15) is 11.9 Å². The summed E-state index contributed by atoms with van der Waals surface area (Å²) in [5.74, 6) is 4.79. The summed E-state index contributed by atoms with van der Waals surface area (Å²) in [7, 11) is 0. The normalized spacial score (nSPS) is 19.2. The average molecular weight is 372 g/mol. The van der Waals surface area contributed by atoms with Crippen molar-refractivity contribution in [3.8, 4) is 0 Å². The highest BCUT2D eigenvalue weighted by molar-refractivity contribution is 7.19. The number of nitrogens with one attached hydrogen (secondary N) is 2. The van der Waals surface area contributed by atoms with Gasteiger partial charge in [-0.3, -0.25) is 20.8 Å². The van der Waals surface area contributed by atoms with Crippen molar-refractivity contribution in [1.82, 2.24) is 10.7 Å². The molecule has 3 aromatic rings. The van der Waals surface area contributed by atoms with Crippen LogP contribution in [0.5, 0.6) is 0 Å². The van der Waals surface area contributed by atoms with E-state index in [1.165, 1.54) is 29.5 Å². The van der Waals surface area contributed by atoms with E-state index in [-0.39, 0.29) is 17.4 Å². The second kappa shape index (κ2) is 6.13. The largest absolute Gasteiger partial charge is 0.343 e. The van der Waals surface area contributed by atoms with E-state index in [1.807, 2.05) is 0 Å². The summed E-state index contributed by atoms with van der Waals surface area (Å²) < 4.78 is 14.7. The lowest BCUT2D eigenvalue weighted by Gasteiger charge is -2.29. The Balaban J connectivity index is 1.96. The molecule has 4 rings (SSSR count). The maximum atomic E-state index is 14.3. The quantitative estimate of drug-likeness (QED) is 0.372. The van der Waals surface area contributed by atoms with Crippen molar-refractivity contribution in [3.05, 3.63) is 74.4 Å². The Bertz CT molecular complexity index is 1050. The summed E-state index contributed by atoms with van der Waals surface area (Å²) in [6.07, 6.45) is 0. The van der Waals surface area contributed by atoms with Crippen LogP contribution < -0.4 is 16.6 Å². The number of hydrogen-bond acceptors (Lipinski definition) is 6. The summed E-state index contributed by atoms with van der Waals surface area (Å²) in [5, 5.41) is 14.5. The zero-order chi connectivity index (χ0) is 18.4. The molecule has 0 saturated carbocycles. The van der Waals surface area contributed by atoms with E-state index >= 15 is 0 Å². The summed E-state index contributed by atoms with van der Waals surface area (Å²) in [5.41, 5.74) is 3.55. The first kappa shape index (κ1) is 16.6. The smallest absolute Gasteiger partial charge is 0.269 e. The van der Waals surface area contributed by atoms with Crippen LogP contribution in [0.2, 0.25) is 0 Å². The van der Waals surface area contributed by atoms with Crippen LogP contribution in [-0.4, -0.2) is 10.8 Å². The van der Waals surface area contributed by atoms with Crippen LogP contribution in [-0.2, 0) is 4.79 Å². The molecule has 26 heavy (non-hydrogen) atoms. The van der Waals surface area contributed by atoms with Gasteiger partial charge in [-0.15, -0.1) is 11.3 Å². The van der Waals surface area contributed by atoms with Gasteiger partial charge in [0.15, 0.2) is 0 Å². The third-order valence-corrected chi connectivity index (χ3v) is 5.71. The molecule has 1 aliphatic heterocycles. The molecular formula is C17H13FN4O3S. The highest BCUT2D eigenvalue weighted by Crippen LogP contribution is 2.44. The van der Waals surface area contributed by atoms with Crippen LogP contribution in [0.15, 0.2) is 42.5 Å². The van der Waals surface area contributed by atoms with Crippen molar-refractivity contribution in [3.63, 3.8) is 0 Å². The van der Waals surface area contributed by atoms with Gasteiger partial charge in [0.25, 0.3) is 5.69 Å². The number of nitro groups is 1. The molecule has 9 heteroatoms. The molecule has 0 fully saturated rings. The van der Waals surface area contributed by atoms with E-state index in [0.717, 1.165) is 0 Å². The molecule has 1 amide bonds. The molecule has 0 spiro atoms. The number of fused-ring (bicyclic) bond motifs is 3. The fraction of sp³-hybridized carbons (Fsp3) is 0.118. The van der Waals surface area contributed by atoms with Gasteiger partial charge in [-0.25, -0.2) is 9.82 Å². The molecule has 132 valence electrons. The summed E-state index contributed by atoms with van der Waals surface area (Å²) in [6, 6.07) is 9.27. The van der Waals surface area contributed by atoms with Gasteiger partial charge in [-0.2, -0.15) is 0 Å². The lowest BCUT2D eigenvalue weighted by molar-refractivity contribution is -0.384. The van der Waals surface area contributed by atoms with Crippen molar-refractivity contribution in [2.75, 3.05) is 0 Å². The SMILES string of the molecule is NNC1C(=O)NC(c2cccc([N+](=O)[O-])c2)c2sc3c(F)cccc3c21. The Labute approximate surface area is 150 Å². The summed E-state index contributed by atoms with van der Waals surface area (Å²) in [6.45, 7) is 0. The Hall–Kier alpha value is -2.88. The minimum absolute atomic E-state index is 0.0790. The highest BCUT2D eigenvalue weighted by atomic mass is 32.1. The van der Waals surface area contributed by atoms with Gasteiger partial charge in [0.05, 0.1) is 15.7 Å². The molecule has 2 aromatic carbocycles. The Morgan fingerprint density at radius 2 is 2.04 bits per heavy atom. The third kappa shape index (κ3) is 2.45. The van der Waals surface area contributed by atoms with Gasteiger partial charge in [0, 0.05) is 28.0 Å². The van der Waals surface area contributed by atoms with Crippen molar-refractivity contribution >= 4 is 33.0 Å². The fourth-order valence-electron chi connectivity index (χ4n) is 3.27. The van der Waals surface area contributed by atoms with Gasteiger partial charge in [-0.05, 0) is 11.6 Å². The predicted octanol–water partition coefficient (Wildman–Crippen LogP) is 2.67. The minimum atomic E-state index is -0.824. The summed E-state index contributed by atoms with van der Waals surface area (Å²) in [4.78, 5) is 23.8. The second-order valence-corrected chi connectivity index (χ2v) is 6.94. The molecule has 1 aliphatic rings. The molecule has 2 atom stereocenters. The maximum Gasteiger partial charge on any atom is 0.269 e. The van der Waals surface area contributed by atoms with Gasteiger partial charge >= 0.3 is 0 Å². The molecule has 0 saturated heterocycles. The molecule has 0 aliphatic carbocycles. The number of hydrazine groups is 1. The molecule has 7 nitrogen and oxygen atoms in total. The number of hydrogen-bond donors (Lipinski definition) is 3. The number of nitrogens with two attached hydrogens (primary N) is 1. The predicted molar refractivity (Wildman–Crippen MR) is 94.9 cm³/mol. The first-order valence-electron chi connectivity index (χ1n) is 7.73. The lowest BCUT2D eigenvalue weighted by Crippen LogP contribution is -2.46. The third-order valence-electron chi connectivity index (χ3n) is 4.42. The molecule has 1 aromatic heterocycles. The zero-order valence-corrected chi connectivity index (χ0v) is 14.0. The number of nitro benzene ring substituents is 1. The number of nitrogens with zero attached hydrogens (tertiary/aromatic N) is 1. The van der Waals surface area contributed by atoms with Crippen LogP contribution in [0.1, 0.15) is 28.1 Å². The van der Waals surface area contributed by atoms with E-state index in [0.29, 0.717) is 26.1 Å². The van der Waals surface area contributed by atoms with Crippen molar-refractivity contribution in [1.29, 1.82) is 0 Å². The van der Waals surface area contributed by atoms with Crippen molar-refractivity contribution < 1.29 is 14.1 Å². The first-order valence-corrected chi connectivity index (χ1v) is 8.54. The number of carbonyl (C=O) groups is 1. The van der Waals surface area contributed by atoms with Gasteiger partial charge in [0.2, 0.25) is 5.91 Å². The van der Waals surface area contributed by atoms with Crippen LogP contribution in [0.3, 0.4) is 0 Å². The van der Waals surface area contributed by atoms with Crippen molar-refractivity contribution in [2.24, 2.45) is 5.84 Å². The zero-order valence-electron chi connectivity index (χ0n) is 13.2. The van der Waals surface area contributed by atoms with Gasteiger partial charge < -0.3 is 5.32 Å². The first-order chi connectivity index (χ1) is 12.5. The fourth-order valence-corrected chi connectivity index (χ4v) is 4.59. The van der Waals surface area contributed by atoms with E-state index in [4.69, 9.17) is 5.84 Å². The van der Waals surface area contributed by atoms with E-state index in [9.17, 15) is 19.3 Å². The number of thiophene rings is 1. The molecule has 2 unspecified atom stereocenters.